The summed E-state index contributed by atoms with van der Waals surface area (Å²) in [7, 11) is 0. The zero-order valence-electron chi connectivity index (χ0n) is 13.7. The van der Waals surface area contributed by atoms with Crippen molar-refractivity contribution in [2.45, 2.75) is 32.2 Å². The number of hydrogen-bond acceptors (Lipinski definition) is 5. The number of hydrogen-bond donors (Lipinski definition) is 2. The highest BCUT2D eigenvalue weighted by atomic mass is 16.4. The maximum Gasteiger partial charge on any atom is 0.322 e. The zero-order valence-corrected chi connectivity index (χ0v) is 13.7. The Balaban J connectivity index is 1.59. The molecular formula is C17H20N4O4. The Morgan fingerprint density at radius 2 is 1.92 bits per heavy atom. The second kappa shape index (κ2) is 7.42. The summed E-state index contributed by atoms with van der Waals surface area (Å²) in [5, 5.41) is 19.7. The minimum atomic E-state index is -1.05. The van der Waals surface area contributed by atoms with E-state index >= 15 is 0 Å². The van der Waals surface area contributed by atoms with E-state index < -0.39 is 5.97 Å². The van der Waals surface area contributed by atoms with Crippen molar-refractivity contribution in [3.05, 3.63) is 34.6 Å². The molecule has 0 saturated heterocycles. The monoisotopic (exact) mass is 344 g/mol. The molecular weight excluding hydrogens is 324 g/mol. The van der Waals surface area contributed by atoms with Crippen molar-refractivity contribution in [2.24, 2.45) is 11.8 Å². The van der Waals surface area contributed by atoms with Gasteiger partial charge in [0.15, 0.2) is 0 Å². The first-order chi connectivity index (χ1) is 12.0. The van der Waals surface area contributed by atoms with Gasteiger partial charge in [0.05, 0.1) is 5.39 Å². The third-order valence-corrected chi connectivity index (χ3v) is 4.69. The summed E-state index contributed by atoms with van der Waals surface area (Å²) in [6.07, 6.45) is 2.97. The SMILES string of the molecule is O=C(O)CNC(=O)C1CCC(Cn2nnc3ccccc3c2=O)CC1. The van der Waals surface area contributed by atoms with Crippen LogP contribution < -0.4 is 10.9 Å². The molecule has 132 valence electrons. The van der Waals surface area contributed by atoms with Gasteiger partial charge in [0.1, 0.15) is 12.1 Å². The molecule has 1 aliphatic carbocycles. The van der Waals surface area contributed by atoms with E-state index in [4.69, 9.17) is 5.11 Å². The van der Waals surface area contributed by atoms with E-state index in [1.165, 1.54) is 4.68 Å². The van der Waals surface area contributed by atoms with E-state index in [0.717, 1.165) is 12.8 Å². The van der Waals surface area contributed by atoms with Crippen molar-refractivity contribution in [1.29, 1.82) is 0 Å². The number of aliphatic carboxylic acids is 1. The summed E-state index contributed by atoms with van der Waals surface area (Å²) >= 11 is 0. The lowest BCUT2D eigenvalue weighted by atomic mass is 9.81. The van der Waals surface area contributed by atoms with E-state index in [2.05, 4.69) is 15.6 Å². The van der Waals surface area contributed by atoms with Gasteiger partial charge in [-0.25, -0.2) is 4.68 Å². The Kier molecular flexibility index (Phi) is 5.06. The second-order valence-electron chi connectivity index (χ2n) is 6.42. The largest absolute Gasteiger partial charge is 0.480 e. The fourth-order valence-electron chi connectivity index (χ4n) is 3.30. The molecule has 0 spiro atoms. The number of aromatic nitrogens is 3. The van der Waals surface area contributed by atoms with Gasteiger partial charge in [-0.05, 0) is 43.7 Å². The zero-order chi connectivity index (χ0) is 17.8. The molecule has 1 heterocycles. The van der Waals surface area contributed by atoms with Crippen LogP contribution in [0, 0.1) is 11.8 Å². The lowest BCUT2D eigenvalue weighted by molar-refractivity contribution is -0.138. The third kappa shape index (κ3) is 4.01. The summed E-state index contributed by atoms with van der Waals surface area (Å²) in [5.74, 6) is -1.15. The van der Waals surface area contributed by atoms with Crippen molar-refractivity contribution in [3.8, 4) is 0 Å². The summed E-state index contributed by atoms with van der Waals surface area (Å²) in [6, 6.07) is 7.12. The Morgan fingerprint density at radius 3 is 2.64 bits per heavy atom. The van der Waals surface area contributed by atoms with Gasteiger partial charge < -0.3 is 10.4 Å². The third-order valence-electron chi connectivity index (χ3n) is 4.69. The Bertz CT molecular complexity index is 840. The molecule has 8 nitrogen and oxygen atoms in total. The van der Waals surface area contributed by atoms with Gasteiger partial charge in [-0.3, -0.25) is 14.4 Å². The van der Waals surface area contributed by atoms with Crippen LogP contribution in [0.15, 0.2) is 29.1 Å². The molecule has 0 bridgehead atoms. The maximum atomic E-state index is 12.5. The number of carbonyl (C=O) groups excluding carboxylic acids is 1. The van der Waals surface area contributed by atoms with Crippen molar-refractivity contribution in [2.75, 3.05) is 6.54 Å². The standard InChI is InChI=1S/C17H20N4O4/c22-15(23)9-18-16(24)12-7-5-11(6-8-12)10-21-17(25)13-3-1-2-4-14(13)19-20-21/h1-4,11-12H,5-10H2,(H,18,24)(H,22,23). The molecule has 2 N–H and O–H groups in total. The number of fused-ring (bicyclic) bond motifs is 1. The van der Waals surface area contributed by atoms with Crippen LogP contribution >= 0.6 is 0 Å². The predicted molar refractivity (Wildman–Crippen MR) is 89.9 cm³/mol. The molecule has 1 aliphatic rings. The van der Waals surface area contributed by atoms with E-state index in [-0.39, 0.29) is 29.8 Å². The summed E-state index contributed by atoms with van der Waals surface area (Å²) < 4.78 is 1.40. The quantitative estimate of drug-likeness (QED) is 0.829. The van der Waals surface area contributed by atoms with E-state index in [9.17, 15) is 14.4 Å². The van der Waals surface area contributed by atoms with Gasteiger partial charge in [-0.15, -0.1) is 5.10 Å². The first-order valence-electron chi connectivity index (χ1n) is 8.36. The number of carboxylic acid groups (broad SMARTS) is 1. The molecule has 1 aromatic heterocycles. The highest BCUT2D eigenvalue weighted by Gasteiger charge is 2.27. The van der Waals surface area contributed by atoms with Crippen molar-refractivity contribution < 1.29 is 14.7 Å². The molecule has 1 fully saturated rings. The summed E-state index contributed by atoms with van der Waals surface area (Å²) in [6.45, 7) is 0.140. The van der Waals surface area contributed by atoms with Crippen LogP contribution in [-0.2, 0) is 16.1 Å². The molecule has 1 amide bonds. The fraction of sp³-hybridized carbons (Fsp3) is 0.471. The highest BCUT2D eigenvalue weighted by molar-refractivity contribution is 5.82. The van der Waals surface area contributed by atoms with Gasteiger partial charge in [-0.2, -0.15) is 0 Å². The van der Waals surface area contributed by atoms with Crippen LogP contribution in [0.25, 0.3) is 10.9 Å². The van der Waals surface area contributed by atoms with Gasteiger partial charge in [0, 0.05) is 12.5 Å². The molecule has 1 aromatic carbocycles. The smallest absolute Gasteiger partial charge is 0.322 e. The Labute approximate surface area is 143 Å². The molecule has 8 heteroatoms. The molecule has 0 radical (unpaired) electrons. The molecule has 3 rings (SSSR count). The van der Waals surface area contributed by atoms with E-state index in [0.29, 0.717) is 30.3 Å². The normalized spacial score (nSPS) is 20.3. The van der Waals surface area contributed by atoms with E-state index in [1.54, 1.807) is 18.2 Å². The average molecular weight is 344 g/mol. The second-order valence-corrected chi connectivity index (χ2v) is 6.42. The van der Waals surface area contributed by atoms with Gasteiger partial charge in [-0.1, -0.05) is 17.3 Å². The summed E-state index contributed by atoms with van der Waals surface area (Å²) in [5.41, 5.74) is 0.439. The average Bonchev–Trinajstić information content (AvgIpc) is 2.63. The molecule has 1 saturated carbocycles. The lowest BCUT2D eigenvalue weighted by Crippen LogP contribution is -2.37. The Morgan fingerprint density at radius 1 is 1.20 bits per heavy atom. The first-order valence-corrected chi connectivity index (χ1v) is 8.36. The number of amides is 1. The van der Waals surface area contributed by atoms with Crippen LogP contribution in [0.4, 0.5) is 0 Å². The van der Waals surface area contributed by atoms with Crippen LogP contribution in [0.3, 0.4) is 0 Å². The predicted octanol–water partition coefficient (Wildman–Crippen LogP) is 0.799. The first kappa shape index (κ1) is 17.1. The fourth-order valence-corrected chi connectivity index (χ4v) is 3.30. The van der Waals surface area contributed by atoms with Crippen molar-refractivity contribution in [3.63, 3.8) is 0 Å². The minimum Gasteiger partial charge on any atom is -0.480 e. The van der Waals surface area contributed by atoms with Gasteiger partial charge in [0.2, 0.25) is 5.91 Å². The van der Waals surface area contributed by atoms with Crippen molar-refractivity contribution >= 4 is 22.8 Å². The van der Waals surface area contributed by atoms with Crippen LogP contribution in [-0.4, -0.2) is 38.5 Å². The molecule has 0 atom stereocenters. The van der Waals surface area contributed by atoms with Crippen molar-refractivity contribution in [1.82, 2.24) is 20.3 Å². The van der Waals surface area contributed by atoms with E-state index in [1.807, 2.05) is 6.07 Å². The molecule has 25 heavy (non-hydrogen) atoms. The molecule has 0 aliphatic heterocycles. The molecule has 0 unspecified atom stereocenters. The number of carbonyl (C=O) groups is 2. The minimum absolute atomic E-state index is 0.146. The van der Waals surface area contributed by atoms with Crippen LogP contribution in [0.5, 0.6) is 0 Å². The highest BCUT2D eigenvalue weighted by Crippen LogP contribution is 2.29. The summed E-state index contributed by atoms with van der Waals surface area (Å²) in [4.78, 5) is 34.9. The van der Waals surface area contributed by atoms with Crippen LogP contribution in [0.2, 0.25) is 0 Å². The lowest BCUT2D eigenvalue weighted by Gasteiger charge is -2.27. The maximum absolute atomic E-state index is 12.5. The number of benzene rings is 1. The number of carboxylic acids is 1. The van der Waals surface area contributed by atoms with Gasteiger partial charge in [0.25, 0.3) is 5.56 Å². The number of nitrogens with one attached hydrogen (secondary N) is 1. The topological polar surface area (TPSA) is 114 Å². The van der Waals surface area contributed by atoms with Gasteiger partial charge >= 0.3 is 5.97 Å². The number of rotatable bonds is 5. The Hall–Kier alpha value is -2.77. The molecule has 2 aromatic rings. The van der Waals surface area contributed by atoms with Crippen LogP contribution in [0.1, 0.15) is 25.7 Å². The number of nitrogens with zero attached hydrogens (tertiary/aromatic N) is 3.